The monoisotopic (exact) mass is 436 g/mol. The first-order valence-corrected chi connectivity index (χ1v) is 11.5. The van der Waals surface area contributed by atoms with Crippen molar-refractivity contribution in [2.75, 3.05) is 38.8 Å². The Morgan fingerprint density at radius 1 is 0.969 bits per heavy atom. The molecule has 4 rings (SSSR count). The fourth-order valence-corrected chi connectivity index (χ4v) is 4.69. The molecule has 32 heavy (non-hydrogen) atoms. The van der Waals surface area contributed by atoms with Gasteiger partial charge in [0, 0.05) is 24.9 Å². The predicted molar refractivity (Wildman–Crippen MR) is 125 cm³/mol. The van der Waals surface area contributed by atoms with Crippen molar-refractivity contribution in [2.45, 2.75) is 44.9 Å². The molecule has 0 atom stereocenters. The molecule has 0 aromatic heterocycles. The second kappa shape index (κ2) is 10.2. The third-order valence-corrected chi connectivity index (χ3v) is 6.42. The minimum absolute atomic E-state index is 0.213. The fraction of sp³-hybridized carbons (Fsp3) is 0.462. The normalized spacial score (nSPS) is 14.4. The van der Waals surface area contributed by atoms with E-state index in [2.05, 4.69) is 11.4 Å². The van der Waals surface area contributed by atoms with Gasteiger partial charge in [0.15, 0.2) is 17.3 Å². The lowest BCUT2D eigenvalue weighted by Gasteiger charge is -2.25. The molecule has 0 radical (unpaired) electrons. The summed E-state index contributed by atoms with van der Waals surface area (Å²) >= 11 is 0. The summed E-state index contributed by atoms with van der Waals surface area (Å²) in [6, 6.07) is 10.0. The van der Waals surface area contributed by atoms with Crippen LogP contribution in [0.3, 0.4) is 0 Å². The lowest BCUT2D eigenvalue weighted by molar-refractivity contribution is -0.118. The van der Waals surface area contributed by atoms with Gasteiger partial charge in [-0.05, 0) is 86.1 Å². The Balaban J connectivity index is 1.18. The first-order valence-electron chi connectivity index (χ1n) is 11.5. The van der Waals surface area contributed by atoms with Crippen LogP contribution >= 0.6 is 0 Å². The summed E-state index contributed by atoms with van der Waals surface area (Å²) in [5.74, 6) is 1.93. The Kier molecular flexibility index (Phi) is 7.10. The van der Waals surface area contributed by atoms with E-state index in [1.807, 2.05) is 29.2 Å². The topological polar surface area (TPSA) is 67.9 Å². The molecule has 0 fully saturated rings. The van der Waals surface area contributed by atoms with Gasteiger partial charge in [-0.1, -0.05) is 6.07 Å². The Morgan fingerprint density at radius 2 is 1.75 bits per heavy atom. The molecule has 0 aliphatic carbocycles. The Labute approximate surface area is 189 Å². The maximum absolute atomic E-state index is 12.7. The largest absolute Gasteiger partial charge is 0.493 e. The van der Waals surface area contributed by atoms with Crippen molar-refractivity contribution < 1.29 is 19.1 Å². The molecule has 1 N–H and O–H groups in total. The molecule has 0 spiro atoms. The third kappa shape index (κ3) is 4.80. The Hall–Kier alpha value is -2.86. The van der Waals surface area contributed by atoms with Gasteiger partial charge in [0.05, 0.1) is 19.9 Å². The molecular formula is C26H32N2O4. The lowest BCUT2D eigenvalue weighted by Crippen LogP contribution is -2.32. The second-order valence-corrected chi connectivity index (χ2v) is 8.51. The average Bonchev–Trinajstić information content (AvgIpc) is 3.25. The molecule has 1 amide bonds. The third-order valence-electron chi connectivity index (χ3n) is 6.42. The number of methoxy groups -OCH3 is 2. The summed E-state index contributed by atoms with van der Waals surface area (Å²) in [6.07, 6.45) is 5.49. The number of benzene rings is 2. The summed E-state index contributed by atoms with van der Waals surface area (Å²) in [5, 5.41) is 3.46. The molecule has 2 aromatic rings. The van der Waals surface area contributed by atoms with Crippen LogP contribution in [0.5, 0.6) is 11.5 Å². The highest BCUT2D eigenvalue weighted by atomic mass is 16.5. The van der Waals surface area contributed by atoms with Crippen LogP contribution in [0.1, 0.15) is 52.7 Å². The highest BCUT2D eigenvalue weighted by molar-refractivity contribution is 6.02. The molecule has 6 nitrogen and oxygen atoms in total. The number of hydrogen-bond acceptors (Lipinski definition) is 5. The van der Waals surface area contributed by atoms with Gasteiger partial charge >= 0.3 is 0 Å². The van der Waals surface area contributed by atoms with Gasteiger partial charge in [-0.15, -0.1) is 0 Å². The second-order valence-electron chi connectivity index (χ2n) is 8.51. The highest BCUT2D eigenvalue weighted by Crippen LogP contribution is 2.37. The zero-order valence-corrected chi connectivity index (χ0v) is 19.0. The van der Waals surface area contributed by atoms with Crippen LogP contribution < -0.4 is 19.7 Å². The molecule has 0 saturated heterocycles. The van der Waals surface area contributed by atoms with Gasteiger partial charge in [0.25, 0.3) is 0 Å². The van der Waals surface area contributed by atoms with Gasteiger partial charge in [-0.25, -0.2) is 0 Å². The van der Waals surface area contributed by atoms with Gasteiger partial charge in [-0.3, -0.25) is 9.59 Å². The van der Waals surface area contributed by atoms with Crippen molar-refractivity contribution in [3.8, 4) is 11.5 Å². The maximum Gasteiger partial charge on any atom is 0.227 e. The summed E-state index contributed by atoms with van der Waals surface area (Å²) in [5.41, 5.74) is 5.43. The molecule has 2 aromatic carbocycles. The quantitative estimate of drug-likeness (QED) is 0.430. The number of nitrogens with zero attached hydrogens (tertiary/aromatic N) is 1. The summed E-state index contributed by atoms with van der Waals surface area (Å²) in [7, 11) is 3.29. The van der Waals surface area contributed by atoms with E-state index in [0.29, 0.717) is 12.8 Å². The Morgan fingerprint density at radius 3 is 2.53 bits per heavy atom. The van der Waals surface area contributed by atoms with Gasteiger partial charge in [0.1, 0.15) is 0 Å². The minimum Gasteiger partial charge on any atom is -0.493 e. The van der Waals surface area contributed by atoms with Crippen molar-refractivity contribution in [3.63, 3.8) is 0 Å². The van der Waals surface area contributed by atoms with Crippen molar-refractivity contribution in [1.82, 2.24) is 5.32 Å². The van der Waals surface area contributed by atoms with Crippen LogP contribution in [0.15, 0.2) is 30.3 Å². The number of carbonyl (C=O) groups is 2. The van der Waals surface area contributed by atoms with E-state index in [1.54, 1.807) is 14.2 Å². The van der Waals surface area contributed by atoms with Gasteiger partial charge in [-0.2, -0.15) is 0 Å². The fourth-order valence-electron chi connectivity index (χ4n) is 4.69. The molecule has 0 unspecified atom stereocenters. The van der Waals surface area contributed by atoms with E-state index in [-0.39, 0.29) is 11.7 Å². The van der Waals surface area contributed by atoms with Crippen LogP contribution in [0.4, 0.5) is 5.69 Å². The van der Waals surface area contributed by atoms with E-state index in [1.165, 1.54) is 11.1 Å². The number of ketones is 1. The summed E-state index contributed by atoms with van der Waals surface area (Å²) < 4.78 is 10.6. The zero-order chi connectivity index (χ0) is 22.5. The molecular weight excluding hydrogens is 404 g/mol. The van der Waals surface area contributed by atoms with Crippen molar-refractivity contribution in [1.29, 1.82) is 0 Å². The number of hydrogen-bond donors (Lipinski definition) is 1. The number of carbonyl (C=O) groups excluding carboxylic acids is 2. The van der Waals surface area contributed by atoms with Crippen molar-refractivity contribution in [3.05, 3.63) is 52.6 Å². The van der Waals surface area contributed by atoms with Gasteiger partial charge < -0.3 is 19.7 Å². The number of ether oxygens (including phenoxy) is 2. The van der Waals surface area contributed by atoms with Crippen LogP contribution in [-0.4, -0.2) is 45.5 Å². The number of nitrogens with one attached hydrogen (secondary N) is 1. The number of anilines is 1. The zero-order valence-electron chi connectivity index (χ0n) is 19.0. The van der Waals surface area contributed by atoms with Crippen LogP contribution in [0, 0.1) is 0 Å². The van der Waals surface area contributed by atoms with Crippen LogP contribution in [0.25, 0.3) is 0 Å². The lowest BCUT2D eigenvalue weighted by atomic mass is 9.94. The van der Waals surface area contributed by atoms with Crippen LogP contribution in [-0.2, 0) is 24.1 Å². The molecule has 2 heterocycles. The summed E-state index contributed by atoms with van der Waals surface area (Å²) in [4.78, 5) is 26.7. The standard InChI is InChI=1S/C26H32N2O4/c1-31-23-8-6-18(15-24(23)32-2)10-13-27-12-4-3-5-22(29)21-16-19-7-9-25(30)28-14-11-20(17-21)26(19)28/h6,8,15-17,27H,3-5,7,9-14H2,1-2H3. The molecule has 0 saturated carbocycles. The number of amides is 1. The molecule has 0 bridgehead atoms. The molecule has 6 heteroatoms. The number of unbranched alkanes of at least 4 members (excludes halogenated alkanes) is 1. The molecule has 2 aliphatic rings. The van der Waals surface area contributed by atoms with E-state index in [4.69, 9.17) is 9.47 Å². The SMILES string of the molecule is COc1ccc(CCNCCCCC(=O)c2cc3c4c(c2)CCN4C(=O)CC3)cc1OC. The predicted octanol–water partition coefficient (Wildman–Crippen LogP) is 3.72. The van der Waals surface area contributed by atoms with Crippen molar-refractivity contribution in [2.24, 2.45) is 0 Å². The van der Waals surface area contributed by atoms with Crippen LogP contribution in [0.2, 0.25) is 0 Å². The molecule has 170 valence electrons. The van der Waals surface area contributed by atoms with Crippen molar-refractivity contribution >= 4 is 17.4 Å². The summed E-state index contributed by atoms with van der Waals surface area (Å²) in [6.45, 7) is 2.54. The first kappa shape index (κ1) is 22.3. The highest BCUT2D eigenvalue weighted by Gasteiger charge is 2.31. The Bertz CT molecular complexity index is 1000. The first-order chi connectivity index (χ1) is 15.6. The molecule has 2 aliphatic heterocycles. The number of rotatable bonds is 11. The smallest absolute Gasteiger partial charge is 0.227 e. The number of aryl methyl sites for hydroxylation is 1. The average molecular weight is 437 g/mol. The van der Waals surface area contributed by atoms with E-state index >= 15 is 0 Å². The van der Waals surface area contributed by atoms with E-state index in [9.17, 15) is 9.59 Å². The number of Topliss-reactive ketones (excluding diaryl/α,β-unsaturated/α-hetero) is 1. The minimum atomic E-state index is 0.213. The van der Waals surface area contributed by atoms with E-state index in [0.717, 1.165) is 80.1 Å². The van der Waals surface area contributed by atoms with E-state index < -0.39 is 0 Å². The maximum atomic E-state index is 12.7. The van der Waals surface area contributed by atoms with Gasteiger partial charge in [0.2, 0.25) is 5.91 Å².